The molecule has 0 amide bonds. The number of nitrogens with one attached hydrogen (secondary N) is 2. The summed E-state index contributed by atoms with van der Waals surface area (Å²) in [7, 11) is 0. The van der Waals surface area contributed by atoms with Crippen LogP contribution in [0, 0.1) is 0 Å². The van der Waals surface area contributed by atoms with E-state index in [9.17, 15) is 9.59 Å². The third kappa shape index (κ3) is 6.43. The Morgan fingerprint density at radius 3 is 2.60 bits per heavy atom. The Balaban J connectivity index is 1.33. The van der Waals surface area contributed by atoms with E-state index >= 15 is 0 Å². The van der Waals surface area contributed by atoms with Gasteiger partial charge in [0.25, 0.3) is 12.9 Å². The summed E-state index contributed by atoms with van der Waals surface area (Å²) in [6, 6.07) is 1.90. The molecule has 232 valence electrons. The van der Waals surface area contributed by atoms with E-state index in [1.807, 2.05) is 6.92 Å². The molecule has 6 heterocycles. The maximum atomic E-state index is 11.6. The first-order chi connectivity index (χ1) is 21.2. The molecule has 2 N–H and O–H groups in total. The number of carbonyl (C=O) groups excluding carboxylic acids is 2. The van der Waals surface area contributed by atoms with Gasteiger partial charge in [-0.1, -0.05) is 18.5 Å². The molecule has 3 fully saturated rings. The zero-order valence-electron chi connectivity index (χ0n) is 24.2. The zero-order valence-corrected chi connectivity index (χ0v) is 24.2. The van der Waals surface area contributed by atoms with Crippen LogP contribution in [0.4, 0.5) is 11.8 Å². The molecule has 3 saturated heterocycles. The molecule has 0 unspecified atom stereocenters. The second kappa shape index (κ2) is 13.7. The van der Waals surface area contributed by atoms with Crippen LogP contribution in [0.25, 0.3) is 11.2 Å². The number of likely N-dealkylation sites (tertiary alicyclic amines) is 1. The van der Waals surface area contributed by atoms with Crippen molar-refractivity contribution in [2.45, 2.75) is 76.0 Å². The van der Waals surface area contributed by atoms with Crippen molar-refractivity contribution in [2.75, 3.05) is 50.0 Å². The molecule has 0 spiro atoms. The lowest BCUT2D eigenvalue weighted by Gasteiger charge is -2.26. The van der Waals surface area contributed by atoms with Crippen molar-refractivity contribution in [3.05, 3.63) is 23.8 Å². The Hall–Kier alpha value is -3.82. The number of hydrogen-bond acceptors (Lipinski definition) is 14. The maximum absolute atomic E-state index is 11.6. The van der Waals surface area contributed by atoms with Crippen LogP contribution in [0.2, 0.25) is 0 Å². The standard InChI is InChI=1S/C28H38N8O7/c1-2-18-14-20(43-34-18)22-23(40-16-37)24(41-17-38)27(42-22)36-15-30-21-25(31-19-6-12-39-13-7-19)32-28(33-26(21)36)29-8-11-35-9-4-3-5-10-35/h14-17,19,22-24,27H,2-13H2,1H3,(H2,29,31,32,33)/t22-,23-,24-,27-/m1/s1. The fraction of sp³-hybridized carbons (Fsp3) is 0.643. The second-order valence-corrected chi connectivity index (χ2v) is 11.0. The lowest BCUT2D eigenvalue weighted by molar-refractivity contribution is -0.151. The van der Waals surface area contributed by atoms with Crippen molar-refractivity contribution >= 4 is 35.9 Å². The van der Waals surface area contributed by atoms with E-state index in [2.05, 4.69) is 25.7 Å². The van der Waals surface area contributed by atoms with Crippen molar-refractivity contribution in [1.82, 2.24) is 29.6 Å². The first-order valence-electron chi connectivity index (χ1n) is 15.0. The molecule has 0 saturated carbocycles. The molecule has 0 aliphatic carbocycles. The fourth-order valence-electron chi connectivity index (χ4n) is 5.97. The van der Waals surface area contributed by atoms with Crippen molar-refractivity contribution < 1.29 is 33.1 Å². The molecule has 3 aromatic heterocycles. The van der Waals surface area contributed by atoms with Crippen LogP contribution in [-0.4, -0.2) is 100 Å². The highest BCUT2D eigenvalue weighted by atomic mass is 16.6. The van der Waals surface area contributed by atoms with Crippen LogP contribution in [0.5, 0.6) is 0 Å². The third-order valence-electron chi connectivity index (χ3n) is 8.25. The molecule has 0 aromatic carbocycles. The summed E-state index contributed by atoms with van der Waals surface area (Å²) >= 11 is 0. The number of hydrogen-bond donors (Lipinski definition) is 2. The van der Waals surface area contributed by atoms with Gasteiger partial charge in [-0.05, 0) is 45.2 Å². The first-order valence-corrected chi connectivity index (χ1v) is 15.0. The molecule has 3 aliphatic heterocycles. The number of aryl methyl sites for hydroxylation is 1. The van der Waals surface area contributed by atoms with Gasteiger partial charge in [0.2, 0.25) is 5.95 Å². The predicted molar refractivity (Wildman–Crippen MR) is 152 cm³/mol. The Labute approximate surface area is 248 Å². The van der Waals surface area contributed by atoms with Gasteiger partial charge in [-0.3, -0.25) is 14.2 Å². The summed E-state index contributed by atoms with van der Waals surface area (Å²) in [5.41, 5.74) is 1.71. The molecule has 15 heteroatoms. The molecular formula is C28H38N8O7. The lowest BCUT2D eigenvalue weighted by Crippen LogP contribution is -2.34. The van der Waals surface area contributed by atoms with Crippen LogP contribution in [0.3, 0.4) is 0 Å². The van der Waals surface area contributed by atoms with E-state index in [-0.39, 0.29) is 6.04 Å². The molecule has 0 bridgehead atoms. The second-order valence-electron chi connectivity index (χ2n) is 11.0. The number of nitrogens with zero attached hydrogens (tertiary/aromatic N) is 6. The number of aromatic nitrogens is 5. The van der Waals surface area contributed by atoms with E-state index in [0.29, 0.717) is 73.5 Å². The quantitative estimate of drug-likeness (QED) is 0.275. The predicted octanol–water partition coefficient (Wildman–Crippen LogP) is 2.22. The molecule has 3 aliphatic rings. The van der Waals surface area contributed by atoms with Crippen LogP contribution >= 0.6 is 0 Å². The van der Waals surface area contributed by atoms with Gasteiger partial charge in [0.15, 0.2) is 47.3 Å². The van der Waals surface area contributed by atoms with Gasteiger partial charge in [0, 0.05) is 38.4 Å². The minimum absolute atomic E-state index is 0.168. The number of carbonyl (C=O) groups is 2. The Bertz CT molecular complexity index is 1370. The number of fused-ring (bicyclic) bond motifs is 1. The molecule has 4 atom stereocenters. The summed E-state index contributed by atoms with van der Waals surface area (Å²) in [4.78, 5) is 39.8. The highest BCUT2D eigenvalue weighted by Crippen LogP contribution is 2.43. The van der Waals surface area contributed by atoms with Gasteiger partial charge in [-0.15, -0.1) is 0 Å². The van der Waals surface area contributed by atoms with Gasteiger partial charge >= 0.3 is 0 Å². The zero-order chi connectivity index (χ0) is 29.6. The topological polar surface area (TPSA) is 168 Å². The third-order valence-corrected chi connectivity index (χ3v) is 8.25. The average molecular weight is 599 g/mol. The smallest absolute Gasteiger partial charge is 0.293 e. The lowest BCUT2D eigenvalue weighted by atomic mass is 10.1. The number of anilines is 2. The van der Waals surface area contributed by atoms with Gasteiger partial charge in [0.1, 0.15) is 0 Å². The summed E-state index contributed by atoms with van der Waals surface area (Å²) in [5.74, 6) is 1.38. The number of imidazole rings is 1. The Morgan fingerprint density at radius 2 is 1.86 bits per heavy atom. The van der Waals surface area contributed by atoms with Crippen LogP contribution in [0.15, 0.2) is 16.9 Å². The van der Waals surface area contributed by atoms with Crippen LogP contribution in [0.1, 0.15) is 62.8 Å². The number of piperidine rings is 1. The minimum atomic E-state index is -1.02. The first kappa shape index (κ1) is 29.3. The van der Waals surface area contributed by atoms with Gasteiger partial charge < -0.3 is 39.0 Å². The summed E-state index contributed by atoms with van der Waals surface area (Å²) in [6.07, 6.45) is 3.78. The molecule has 15 nitrogen and oxygen atoms in total. The average Bonchev–Trinajstić information content (AvgIpc) is 3.77. The van der Waals surface area contributed by atoms with E-state index in [4.69, 9.17) is 33.4 Å². The SMILES string of the molecule is CCc1cc([C@H]2O[C@@H](n3cnc4c(NC5CCOCC5)nc(NCCN5CCCCC5)nc43)[C@H](OC=O)[C@@H]2OC=O)on1. The monoisotopic (exact) mass is 598 g/mol. The highest BCUT2D eigenvalue weighted by Gasteiger charge is 2.51. The van der Waals surface area contributed by atoms with E-state index in [0.717, 1.165) is 32.5 Å². The van der Waals surface area contributed by atoms with Crippen molar-refractivity contribution in [3.8, 4) is 0 Å². The molecule has 6 rings (SSSR count). The largest absolute Gasteiger partial charge is 0.457 e. The van der Waals surface area contributed by atoms with Crippen molar-refractivity contribution in [1.29, 1.82) is 0 Å². The van der Waals surface area contributed by atoms with Crippen LogP contribution < -0.4 is 10.6 Å². The fourth-order valence-corrected chi connectivity index (χ4v) is 5.97. The van der Waals surface area contributed by atoms with Gasteiger partial charge in [0.05, 0.1) is 12.0 Å². The van der Waals surface area contributed by atoms with E-state index < -0.39 is 24.5 Å². The molecular weight excluding hydrogens is 560 g/mol. The van der Waals surface area contributed by atoms with Gasteiger partial charge in [-0.25, -0.2) is 4.98 Å². The maximum Gasteiger partial charge on any atom is 0.293 e. The molecule has 0 radical (unpaired) electrons. The molecule has 43 heavy (non-hydrogen) atoms. The normalized spacial score (nSPS) is 25.0. The summed E-state index contributed by atoms with van der Waals surface area (Å²) < 4.78 is 29.9. The minimum Gasteiger partial charge on any atom is -0.457 e. The molecule has 3 aromatic rings. The van der Waals surface area contributed by atoms with E-state index in [1.165, 1.54) is 19.3 Å². The van der Waals surface area contributed by atoms with E-state index in [1.54, 1.807) is 17.0 Å². The summed E-state index contributed by atoms with van der Waals surface area (Å²) in [6.45, 7) is 7.64. The van der Waals surface area contributed by atoms with Gasteiger partial charge in [-0.2, -0.15) is 9.97 Å². The number of rotatable bonds is 13. The summed E-state index contributed by atoms with van der Waals surface area (Å²) in [5, 5.41) is 11.0. The highest BCUT2D eigenvalue weighted by molar-refractivity contribution is 5.84. The number of ether oxygens (including phenoxy) is 4. The van der Waals surface area contributed by atoms with Crippen molar-refractivity contribution in [2.24, 2.45) is 0 Å². The van der Waals surface area contributed by atoms with Crippen molar-refractivity contribution in [3.63, 3.8) is 0 Å². The van der Waals surface area contributed by atoms with Crippen LogP contribution in [-0.2, 0) is 35.0 Å². The Kier molecular flexibility index (Phi) is 9.29. The Morgan fingerprint density at radius 1 is 1.07 bits per heavy atom.